The van der Waals surface area contributed by atoms with Gasteiger partial charge in [-0.05, 0) is 29.5 Å². The highest BCUT2D eigenvalue weighted by Crippen LogP contribution is 2.21. The van der Waals surface area contributed by atoms with Gasteiger partial charge in [0.05, 0.1) is 5.92 Å². The molecule has 0 fully saturated rings. The van der Waals surface area contributed by atoms with Crippen molar-refractivity contribution >= 4 is 11.9 Å². The van der Waals surface area contributed by atoms with Crippen molar-refractivity contribution in [2.45, 2.75) is 25.7 Å². The first-order valence-corrected chi connectivity index (χ1v) is 7.37. The van der Waals surface area contributed by atoms with Crippen LogP contribution in [0.1, 0.15) is 29.5 Å². The summed E-state index contributed by atoms with van der Waals surface area (Å²) in [5, 5.41) is 9.67. The third-order valence-electron chi connectivity index (χ3n) is 3.65. The normalized spacial score (nSPS) is 11.7. The highest BCUT2D eigenvalue weighted by molar-refractivity contribution is 5.98. The van der Waals surface area contributed by atoms with E-state index in [-0.39, 0.29) is 17.8 Å². The Morgan fingerprint density at radius 2 is 1.68 bits per heavy atom. The number of aryl methyl sites for hydroxylation is 1. The number of carbonyl (C=O) groups excluding carboxylic acids is 1. The molecule has 2 aromatic rings. The van der Waals surface area contributed by atoms with E-state index in [9.17, 15) is 4.79 Å². The van der Waals surface area contributed by atoms with E-state index in [0.29, 0.717) is 6.42 Å². The summed E-state index contributed by atoms with van der Waals surface area (Å²) in [5.74, 6) is -0.942. The van der Waals surface area contributed by atoms with Gasteiger partial charge in [0.2, 0.25) is 5.91 Å². The van der Waals surface area contributed by atoms with Crippen LogP contribution in [0.15, 0.2) is 54.6 Å². The van der Waals surface area contributed by atoms with Gasteiger partial charge in [0.25, 0.3) is 0 Å². The van der Waals surface area contributed by atoms with E-state index in [1.54, 1.807) is 0 Å². The van der Waals surface area contributed by atoms with Crippen molar-refractivity contribution in [1.82, 2.24) is 5.32 Å². The average Bonchev–Trinajstić information content (AvgIpc) is 2.53. The molecule has 4 N–H and O–H groups in total. The molecule has 114 valence electrons. The molecule has 0 aliphatic rings. The number of amides is 1. The SMILES string of the molecule is CCc1ccc(C[C@@H](C(=O)NC(=N)N)c2ccccc2)cc1. The Bertz CT molecular complexity index is 635. The summed E-state index contributed by atoms with van der Waals surface area (Å²) in [6.45, 7) is 2.11. The second kappa shape index (κ2) is 7.41. The summed E-state index contributed by atoms with van der Waals surface area (Å²) in [6, 6.07) is 17.8. The molecule has 0 spiro atoms. The van der Waals surface area contributed by atoms with Crippen molar-refractivity contribution in [3.05, 3.63) is 71.3 Å². The Kier molecular flexibility index (Phi) is 5.31. The van der Waals surface area contributed by atoms with Crippen molar-refractivity contribution in [3.8, 4) is 0 Å². The average molecular weight is 295 g/mol. The van der Waals surface area contributed by atoms with E-state index in [1.807, 2.05) is 30.3 Å². The van der Waals surface area contributed by atoms with Gasteiger partial charge in [-0.15, -0.1) is 0 Å². The number of hydrogen-bond donors (Lipinski definition) is 3. The second-order valence-electron chi connectivity index (χ2n) is 5.24. The maximum absolute atomic E-state index is 12.3. The second-order valence-corrected chi connectivity index (χ2v) is 5.24. The molecule has 4 heteroatoms. The monoisotopic (exact) mass is 295 g/mol. The zero-order valence-electron chi connectivity index (χ0n) is 12.7. The number of rotatable bonds is 5. The minimum atomic E-state index is -0.363. The van der Waals surface area contributed by atoms with Crippen molar-refractivity contribution in [2.24, 2.45) is 5.73 Å². The molecular weight excluding hydrogens is 274 g/mol. The van der Waals surface area contributed by atoms with Gasteiger partial charge >= 0.3 is 0 Å². The first kappa shape index (κ1) is 15.8. The number of nitrogens with two attached hydrogens (primary N) is 1. The van der Waals surface area contributed by atoms with E-state index in [1.165, 1.54) is 5.56 Å². The predicted molar refractivity (Wildman–Crippen MR) is 88.8 cm³/mol. The lowest BCUT2D eigenvalue weighted by atomic mass is 9.91. The molecule has 4 nitrogen and oxygen atoms in total. The molecule has 0 aliphatic heterocycles. The molecule has 0 unspecified atom stereocenters. The Hall–Kier alpha value is -2.62. The molecule has 2 rings (SSSR count). The van der Waals surface area contributed by atoms with Crippen LogP contribution in [-0.4, -0.2) is 11.9 Å². The molecule has 22 heavy (non-hydrogen) atoms. The van der Waals surface area contributed by atoms with Crippen molar-refractivity contribution in [1.29, 1.82) is 5.41 Å². The Balaban J connectivity index is 2.23. The standard InChI is InChI=1S/C18H21N3O/c1-2-13-8-10-14(11-9-13)12-16(17(22)21-18(19)20)15-6-4-3-5-7-15/h3-11,16H,2,12H2,1H3,(H4,19,20,21,22)/t16-/m1/s1. The Labute approximate surface area is 130 Å². The van der Waals surface area contributed by atoms with Crippen LogP contribution in [0.2, 0.25) is 0 Å². The highest BCUT2D eigenvalue weighted by atomic mass is 16.2. The van der Waals surface area contributed by atoms with Gasteiger partial charge in [0.15, 0.2) is 5.96 Å². The van der Waals surface area contributed by atoms with Gasteiger partial charge in [0.1, 0.15) is 0 Å². The summed E-state index contributed by atoms with van der Waals surface area (Å²) in [7, 11) is 0. The summed E-state index contributed by atoms with van der Waals surface area (Å²) in [6.07, 6.45) is 1.57. The fourth-order valence-electron chi connectivity index (χ4n) is 2.41. The zero-order chi connectivity index (χ0) is 15.9. The first-order chi connectivity index (χ1) is 10.6. The van der Waals surface area contributed by atoms with Crippen molar-refractivity contribution < 1.29 is 4.79 Å². The molecule has 1 atom stereocenters. The Morgan fingerprint density at radius 3 is 2.23 bits per heavy atom. The lowest BCUT2D eigenvalue weighted by Gasteiger charge is -2.17. The number of nitrogens with one attached hydrogen (secondary N) is 2. The van der Waals surface area contributed by atoms with Crippen LogP contribution in [0.25, 0.3) is 0 Å². The third-order valence-corrected chi connectivity index (χ3v) is 3.65. The molecule has 0 bridgehead atoms. The predicted octanol–water partition coefficient (Wildman–Crippen LogP) is 2.58. The van der Waals surface area contributed by atoms with E-state index in [0.717, 1.165) is 17.5 Å². The Morgan fingerprint density at radius 1 is 1.09 bits per heavy atom. The molecule has 2 aromatic carbocycles. The lowest BCUT2D eigenvalue weighted by molar-refractivity contribution is -0.121. The third kappa shape index (κ3) is 4.19. The maximum atomic E-state index is 12.3. The maximum Gasteiger partial charge on any atom is 0.234 e. The van der Waals surface area contributed by atoms with E-state index in [2.05, 4.69) is 36.5 Å². The van der Waals surface area contributed by atoms with E-state index >= 15 is 0 Å². The summed E-state index contributed by atoms with van der Waals surface area (Å²) in [5.41, 5.74) is 8.57. The number of benzene rings is 2. The van der Waals surface area contributed by atoms with Crippen molar-refractivity contribution in [3.63, 3.8) is 0 Å². The van der Waals surface area contributed by atoms with E-state index in [4.69, 9.17) is 11.1 Å². The van der Waals surface area contributed by atoms with Gasteiger partial charge in [-0.2, -0.15) is 0 Å². The number of guanidine groups is 1. The molecule has 0 saturated heterocycles. The van der Waals surface area contributed by atoms with E-state index < -0.39 is 0 Å². The van der Waals surface area contributed by atoms with Gasteiger partial charge < -0.3 is 5.73 Å². The largest absolute Gasteiger partial charge is 0.370 e. The van der Waals surface area contributed by atoms with Crippen LogP contribution in [0.4, 0.5) is 0 Å². The molecule has 0 saturated carbocycles. The van der Waals surface area contributed by atoms with Gasteiger partial charge in [-0.1, -0.05) is 61.5 Å². The summed E-state index contributed by atoms with van der Waals surface area (Å²) < 4.78 is 0. The van der Waals surface area contributed by atoms with Crippen LogP contribution in [0.3, 0.4) is 0 Å². The van der Waals surface area contributed by atoms with Gasteiger partial charge in [-0.3, -0.25) is 15.5 Å². The smallest absolute Gasteiger partial charge is 0.234 e. The van der Waals surface area contributed by atoms with Crippen LogP contribution >= 0.6 is 0 Å². The quantitative estimate of drug-likeness (QED) is 0.585. The van der Waals surface area contributed by atoms with Crippen molar-refractivity contribution in [2.75, 3.05) is 0 Å². The van der Waals surface area contributed by atoms with Gasteiger partial charge in [0, 0.05) is 0 Å². The van der Waals surface area contributed by atoms with Crippen LogP contribution in [-0.2, 0) is 17.6 Å². The molecule has 0 heterocycles. The highest BCUT2D eigenvalue weighted by Gasteiger charge is 2.21. The lowest BCUT2D eigenvalue weighted by Crippen LogP contribution is -2.39. The van der Waals surface area contributed by atoms with Crippen LogP contribution < -0.4 is 11.1 Å². The zero-order valence-corrected chi connectivity index (χ0v) is 12.7. The van der Waals surface area contributed by atoms with Crippen LogP contribution in [0.5, 0.6) is 0 Å². The first-order valence-electron chi connectivity index (χ1n) is 7.37. The fraction of sp³-hybridized carbons (Fsp3) is 0.222. The molecular formula is C18H21N3O. The topological polar surface area (TPSA) is 79.0 Å². The van der Waals surface area contributed by atoms with Crippen LogP contribution in [0, 0.1) is 5.41 Å². The molecule has 0 radical (unpaired) electrons. The number of carbonyl (C=O) groups is 1. The summed E-state index contributed by atoms with van der Waals surface area (Å²) >= 11 is 0. The minimum Gasteiger partial charge on any atom is -0.370 e. The molecule has 0 aliphatic carbocycles. The summed E-state index contributed by atoms with van der Waals surface area (Å²) in [4.78, 5) is 12.3. The minimum absolute atomic E-state index is 0.252. The molecule has 0 aromatic heterocycles. The fourth-order valence-corrected chi connectivity index (χ4v) is 2.41. The number of hydrogen-bond acceptors (Lipinski definition) is 2. The van der Waals surface area contributed by atoms with Gasteiger partial charge in [-0.25, -0.2) is 0 Å². The molecule has 1 amide bonds.